The second kappa shape index (κ2) is 4.57. The number of amides is 1. The van der Waals surface area contributed by atoms with Crippen molar-refractivity contribution >= 4 is 23.5 Å². The SMILES string of the molecule is O=C(O)CNC(=O)c1cnccc1Cl. The van der Waals surface area contributed by atoms with Gasteiger partial charge in [-0.15, -0.1) is 0 Å². The maximum atomic E-state index is 11.3. The zero-order valence-electron chi connectivity index (χ0n) is 7.03. The maximum absolute atomic E-state index is 11.3. The van der Waals surface area contributed by atoms with Crippen molar-refractivity contribution in [3.8, 4) is 0 Å². The van der Waals surface area contributed by atoms with Gasteiger partial charge in [0.2, 0.25) is 0 Å². The van der Waals surface area contributed by atoms with E-state index in [-0.39, 0.29) is 10.6 Å². The van der Waals surface area contributed by atoms with Gasteiger partial charge in [0.1, 0.15) is 6.54 Å². The van der Waals surface area contributed by atoms with Crippen molar-refractivity contribution in [2.24, 2.45) is 0 Å². The Morgan fingerprint density at radius 3 is 2.86 bits per heavy atom. The Hall–Kier alpha value is -1.62. The number of nitrogens with one attached hydrogen (secondary N) is 1. The van der Waals surface area contributed by atoms with Crippen LogP contribution in [0.4, 0.5) is 0 Å². The number of halogens is 1. The van der Waals surface area contributed by atoms with E-state index in [1.54, 1.807) is 0 Å². The average Bonchev–Trinajstić information content (AvgIpc) is 2.15. The molecule has 5 nitrogen and oxygen atoms in total. The van der Waals surface area contributed by atoms with Crippen molar-refractivity contribution < 1.29 is 14.7 Å². The number of carboxylic acids is 1. The number of hydrogen-bond donors (Lipinski definition) is 2. The molecular formula is C8H7ClN2O3. The van der Waals surface area contributed by atoms with Gasteiger partial charge in [-0.25, -0.2) is 0 Å². The summed E-state index contributed by atoms with van der Waals surface area (Å²) in [7, 11) is 0. The molecule has 0 saturated carbocycles. The van der Waals surface area contributed by atoms with Crippen LogP contribution in [0.25, 0.3) is 0 Å². The smallest absolute Gasteiger partial charge is 0.322 e. The largest absolute Gasteiger partial charge is 0.480 e. The first-order valence-corrected chi connectivity index (χ1v) is 4.08. The lowest BCUT2D eigenvalue weighted by atomic mass is 10.2. The van der Waals surface area contributed by atoms with Crippen LogP contribution < -0.4 is 5.32 Å². The van der Waals surface area contributed by atoms with E-state index in [9.17, 15) is 9.59 Å². The molecule has 1 aromatic rings. The van der Waals surface area contributed by atoms with E-state index >= 15 is 0 Å². The number of hydrogen-bond acceptors (Lipinski definition) is 3. The summed E-state index contributed by atoms with van der Waals surface area (Å²) in [6.07, 6.45) is 2.72. The van der Waals surface area contributed by atoms with Gasteiger partial charge in [-0.2, -0.15) is 0 Å². The Balaban J connectivity index is 2.70. The molecule has 74 valence electrons. The Bertz CT molecular complexity index is 367. The number of carbonyl (C=O) groups excluding carboxylic acids is 1. The van der Waals surface area contributed by atoms with Gasteiger partial charge in [-0.3, -0.25) is 14.6 Å². The molecule has 6 heteroatoms. The van der Waals surface area contributed by atoms with Crippen molar-refractivity contribution in [1.29, 1.82) is 0 Å². The van der Waals surface area contributed by atoms with Gasteiger partial charge in [0, 0.05) is 12.4 Å². The number of carboxylic acid groups (broad SMARTS) is 1. The predicted molar refractivity (Wildman–Crippen MR) is 49.2 cm³/mol. The van der Waals surface area contributed by atoms with Crippen LogP contribution in [0, 0.1) is 0 Å². The van der Waals surface area contributed by atoms with Crippen LogP contribution in [-0.2, 0) is 4.79 Å². The molecule has 0 spiro atoms. The predicted octanol–water partition coefficient (Wildman–Crippen LogP) is 0.549. The number of rotatable bonds is 3. The van der Waals surface area contributed by atoms with Crippen LogP contribution in [0.2, 0.25) is 5.02 Å². The zero-order valence-corrected chi connectivity index (χ0v) is 7.78. The van der Waals surface area contributed by atoms with Crippen molar-refractivity contribution in [2.75, 3.05) is 6.54 Å². The van der Waals surface area contributed by atoms with Crippen LogP contribution in [0.5, 0.6) is 0 Å². The molecule has 1 amide bonds. The summed E-state index contributed by atoms with van der Waals surface area (Å²) in [4.78, 5) is 25.1. The molecule has 1 rings (SSSR count). The molecule has 2 N–H and O–H groups in total. The van der Waals surface area contributed by atoms with E-state index in [0.717, 1.165) is 0 Å². The highest BCUT2D eigenvalue weighted by Crippen LogP contribution is 2.12. The molecule has 0 bridgehead atoms. The van der Waals surface area contributed by atoms with Crippen molar-refractivity contribution in [3.63, 3.8) is 0 Å². The summed E-state index contributed by atoms with van der Waals surface area (Å²) in [5, 5.41) is 10.7. The normalized spacial score (nSPS) is 9.50. The molecule has 0 aliphatic heterocycles. The average molecular weight is 215 g/mol. The third-order valence-electron chi connectivity index (χ3n) is 1.41. The molecule has 1 aromatic heterocycles. The van der Waals surface area contributed by atoms with E-state index in [1.165, 1.54) is 18.5 Å². The summed E-state index contributed by atoms with van der Waals surface area (Å²) in [5.74, 6) is -1.66. The number of carbonyl (C=O) groups is 2. The van der Waals surface area contributed by atoms with Gasteiger partial charge in [0.15, 0.2) is 0 Å². The number of pyridine rings is 1. The van der Waals surface area contributed by atoms with E-state index in [0.29, 0.717) is 0 Å². The Kier molecular flexibility index (Phi) is 3.41. The van der Waals surface area contributed by atoms with Crippen molar-refractivity contribution in [3.05, 3.63) is 29.0 Å². The fourth-order valence-corrected chi connectivity index (χ4v) is 0.987. The quantitative estimate of drug-likeness (QED) is 0.770. The monoisotopic (exact) mass is 214 g/mol. The van der Waals surface area contributed by atoms with E-state index in [4.69, 9.17) is 16.7 Å². The van der Waals surface area contributed by atoms with Gasteiger partial charge in [-0.1, -0.05) is 11.6 Å². The number of nitrogens with zero attached hydrogens (tertiary/aromatic N) is 1. The third kappa shape index (κ3) is 2.70. The first-order valence-electron chi connectivity index (χ1n) is 3.71. The summed E-state index contributed by atoms with van der Waals surface area (Å²) in [6.45, 7) is -0.440. The van der Waals surface area contributed by atoms with Crippen LogP contribution in [-0.4, -0.2) is 28.5 Å². The van der Waals surface area contributed by atoms with Gasteiger partial charge in [0.05, 0.1) is 10.6 Å². The summed E-state index contributed by atoms with van der Waals surface area (Å²) in [5.41, 5.74) is 0.162. The van der Waals surface area contributed by atoms with Gasteiger partial charge < -0.3 is 10.4 Å². The van der Waals surface area contributed by atoms with Crippen LogP contribution in [0.1, 0.15) is 10.4 Å². The number of aromatic nitrogens is 1. The highest BCUT2D eigenvalue weighted by Gasteiger charge is 2.10. The lowest BCUT2D eigenvalue weighted by Crippen LogP contribution is -2.29. The van der Waals surface area contributed by atoms with Crippen molar-refractivity contribution in [2.45, 2.75) is 0 Å². The molecule has 0 unspecified atom stereocenters. The molecule has 0 aliphatic rings. The lowest BCUT2D eigenvalue weighted by molar-refractivity contribution is -0.135. The summed E-state index contributed by atoms with van der Waals surface area (Å²) in [6, 6.07) is 1.46. The lowest BCUT2D eigenvalue weighted by Gasteiger charge is -2.02. The minimum absolute atomic E-state index is 0.162. The third-order valence-corrected chi connectivity index (χ3v) is 1.74. The van der Waals surface area contributed by atoms with Gasteiger partial charge in [0.25, 0.3) is 5.91 Å². The summed E-state index contributed by atoms with van der Waals surface area (Å²) >= 11 is 5.69. The molecule has 14 heavy (non-hydrogen) atoms. The standard InChI is InChI=1S/C8H7ClN2O3/c9-6-1-2-10-3-5(6)8(14)11-4-7(12)13/h1-3H,4H2,(H,11,14)(H,12,13). The molecule has 0 atom stereocenters. The molecule has 0 radical (unpaired) electrons. The maximum Gasteiger partial charge on any atom is 0.322 e. The van der Waals surface area contributed by atoms with E-state index < -0.39 is 18.4 Å². The fourth-order valence-electron chi connectivity index (χ4n) is 0.796. The van der Waals surface area contributed by atoms with Gasteiger partial charge in [-0.05, 0) is 6.07 Å². The van der Waals surface area contributed by atoms with E-state index in [2.05, 4.69) is 10.3 Å². The molecule has 0 aliphatic carbocycles. The topological polar surface area (TPSA) is 79.3 Å². The Labute approximate surface area is 84.7 Å². The van der Waals surface area contributed by atoms with Crippen LogP contribution in [0.3, 0.4) is 0 Å². The first-order chi connectivity index (χ1) is 6.61. The fraction of sp³-hybridized carbons (Fsp3) is 0.125. The Morgan fingerprint density at radius 1 is 1.57 bits per heavy atom. The molecular weight excluding hydrogens is 208 g/mol. The number of aliphatic carboxylic acids is 1. The second-order valence-corrected chi connectivity index (χ2v) is 2.84. The minimum atomic E-state index is -1.11. The molecule has 0 aromatic carbocycles. The molecule has 1 heterocycles. The van der Waals surface area contributed by atoms with E-state index in [1.807, 2.05) is 0 Å². The van der Waals surface area contributed by atoms with Crippen LogP contribution in [0.15, 0.2) is 18.5 Å². The molecule has 0 saturated heterocycles. The molecule has 0 fully saturated rings. The minimum Gasteiger partial charge on any atom is -0.480 e. The zero-order chi connectivity index (χ0) is 10.6. The van der Waals surface area contributed by atoms with Crippen LogP contribution >= 0.6 is 11.6 Å². The Morgan fingerprint density at radius 2 is 2.29 bits per heavy atom. The highest BCUT2D eigenvalue weighted by molar-refractivity contribution is 6.33. The van der Waals surface area contributed by atoms with Gasteiger partial charge >= 0.3 is 5.97 Å². The van der Waals surface area contributed by atoms with Crippen molar-refractivity contribution in [1.82, 2.24) is 10.3 Å². The second-order valence-electron chi connectivity index (χ2n) is 2.43. The summed E-state index contributed by atoms with van der Waals surface area (Å²) < 4.78 is 0. The highest BCUT2D eigenvalue weighted by atomic mass is 35.5. The first kappa shape index (κ1) is 10.5.